The van der Waals surface area contributed by atoms with Gasteiger partial charge in [-0.3, -0.25) is 0 Å². The number of hydrogen-bond donors (Lipinski definition) is 2. The van der Waals surface area contributed by atoms with Gasteiger partial charge >= 0.3 is 0 Å². The van der Waals surface area contributed by atoms with Gasteiger partial charge in [0.05, 0.1) is 18.3 Å². The van der Waals surface area contributed by atoms with Crippen LogP contribution in [0.3, 0.4) is 0 Å². The van der Waals surface area contributed by atoms with Gasteiger partial charge in [0.1, 0.15) is 0 Å². The Bertz CT molecular complexity index is 130. The van der Waals surface area contributed by atoms with Crippen LogP contribution in [-0.4, -0.2) is 36.5 Å². The summed E-state index contributed by atoms with van der Waals surface area (Å²) in [4.78, 5) is 0. The van der Waals surface area contributed by atoms with E-state index >= 15 is 0 Å². The Kier molecular flexibility index (Phi) is 3.50. The Labute approximate surface area is 74.1 Å². The fourth-order valence-corrected chi connectivity index (χ4v) is 1.70. The van der Waals surface area contributed by atoms with Crippen LogP contribution in [0.25, 0.3) is 0 Å². The maximum absolute atomic E-state index is 9.24. The number of hydrogen-bond acceptors (Lipinski definition) is 3. The second-order valence-corrected chi connectivity index (χ2v) is 3.76. The van der Waals surface area contributed by atoms with Crippen LogP contribution in [0, 0.1) is 0 Å². The summed E-state index contributed by atoms with van der Waals surface area (Å²) >= 11 is 0. The number of aliphatic hydroxyl groups excluding tert-OH is 1. The first kappa shape index (κ1) is 9.96. The SMILES string of the molecule is CC(C)OC1(CO)CCNCC1. The molecule has 0 saturated carbocycles. The van der Waals surface area contributed by atoms with E-state index in [0.717, 1.165) is 25.9 Å². The highest BCUT2D eigenvalue weighted by atomic mass is 16.5. The minimum atomic E-state index is -0.264. The molecule has 1 fully saturated rings. The molecule has 0 aliphatic carbocycles. The molecule has 0 aromatic carbocycles. The van der Waals surface area contributed by atoms with Gasteiger partial charge in [-0.05, 0) is 39.8 Å². The smallest absolute Gasteiger partial charge is 0.0939 e. The van der Waals surface area contributed by atoms with Crippen LogP contribution in [0.1, 0.15) is 26.7 Å². The second-order valence-electron chi connectivity index (χ2n) is 3.76. The normalized spacial score (nSPS) is 23.0. The Morgan fingerprint density at radius 1 is 1.42 bits per heavy atom. The molecule has 3 heteroatoms. The lowest BCUT2D eigenvalue weighted by Crippen LogP contribution is -2.47. The van der Waals surface area contributed by atoms with E-state index in [1.807, 2.05) is 13.8 Å². The highest BCUT2D eigenvalue weighted by Gasteiger charge is 2.32. The zero-order valence-corrected chi connectivity index (χ0v) is 7.97. The Hall–Kier alpha value is -0.120. The molecule has 12 heavy (non-hydrogen) atoms. The van der Waals surface area contributed by atoms with Crippen LogP contribution >= 0.6 is 0 Å². The highest BCUT2D eigenvalue weighted by molar-refractivity contribution is 4.86. The summed E-state index contributed by atoms with van der Waals surface area (Å²) in [6.45, 7) is 6.08. The van der Waals surface area contributed by atoms with Crippen molar-refractivity contribution in [1.82, 2.24) is 5.32 Å². The largest absolute Gasteiger partial charge is 0.393 e. The third-order valence-corrected chi connectivity index (χ3v) is 2.29. The second kappa shape index (κ2) is 4.21. The predicted octanol–water partition coefficient (Wildman–Crippen LogP) is 0.526. The molecule has 1 rings (SSSR count). The van der Waals surface area contributed by atoms with E-state index in [-0.39, 0.29) is 18.3 Å². The Morgan fingerprint density at radius 3 is 2.42 bits per heavy atom. The summed E-state index contributed by atoms with van der Waals surface area (Å²) in [6.07, 6.45) is 2.04. The van der Waals surface area contributed by atoms with Gasteiger partial charge in [0.15, 0.2) is 0 Å². The van der Waals surface area contributed by atoms with Crippen molar-refractivity contribution in [3.8, 4) is 0 Å². The van der Waals surface area contributed by atoms with Gasteiger partial charge in [-0.15, -0.1) is 0 Å². The van der Waals surface area contributed by atoms with E-state index in [1.165, 1.54) is 0 Å². The van der Waals surface area contributed by atoms with Crippen LogP contribution in [0.2, 0.25) is 0 Å². The van der Waals surface area contributed by atoms with Crippen molar-refractivity contribution in [2.24, 2.45) is 0 Å². The summed E-state index contributed by atoms with van der Waals surface area (Å²) in [5.74, 6) is 0. The van der Waals surface area contributed by atoms with Gasteiger partial charge in [0.25, 0.3) is 0 Å². The maximum atomic E-state index is 9.24. The van der Waals surface area contributed by atoms with Crippen molar-refractivity contribution in [2.45, 2.75) is 38.4 Å². The lowest BCUT2D eigenvalue weighted by Gasteiger charge is -2.37. The van der Waals surface area contributed by atoms with E-state index in [0.29, 0.717) is 0 Å². The summed E-state index contributed by atoms with van der Waals surface area (Å²) < 4.78 is 5.74. The molecular weight excluding hydrogens is 154 g/mol. The zero-order valence-electron chi connectivity index (χ0n) is 7.97. The molecule has 1 aliphatic rings. The molecule has 1 aliphatic heterocycles. The molecule has 0 aromatic rings. The van der Waals surface area contributed by atoms with Crippen molar-refractivity contribution in [3.05, 3.63) is 0 Å². The van der Waals surface area contributed by atoms with Crippen molar-refractivity contribution in [3.63, 3.8) is 0 Å². The van der Waals surface area contributed by atoms with Gasteiger partial charge in [0, 0.05) is 0 Å². The van der Waals surface area contributed by atoms with Gasteiger partial charge in [-0.25, -0.2) is 0 Å². The van der Waals surface area contributed by atoms with Crippen molar-refractivity contribution in [1.29, 1.82) is 0 Å². The predicted molar refractivity (Wildman–Crippen MR) is 48.1 cm³/mol. The molecular formula is C9H19NO2. The minimum absolute atomic E-state index is 0.146. The molecule has 2 N–H and O–H groups in total. The third kappa shape index (κ3) is 2.44. The van der Waals surface area contributed by atoms with Crippen molar-refractivity contribution in [2.75, 3.05) is 19.7 Å². The van der Waals surface area contributed by atoms with Gasteiger partial charge < -0.3 is 15.2 Å². The zero-order chi connectivity index (χ0) is 9.03. The van der Waals surface area contributed by atoms with Crippen LogP contribution in [0.15, 0.2) is 0 Å². The fraction of sp³-hybridized carbons (Fsp3) is 1.00. The molecule has 0 spiro atoms. The van der Waals surface area contributed by atoms with Gasteiger partial charge in [-0.2, -0.15) is 0 Å². The van der Waals surface area contributed by atoms with Gasteiger partial charge in [0.2, 0.25) is 0 Å². The number of nitrogens with one attached hydrogen (secondary N) is 1. The monoisotopic (exact) mass is 173 g/mol. The van der Waals surface area contributed by atoms with E-state index < -0.39 is 0 Å². The third-order valence-electron chi connectivity index (χ3n) is 2.29. The molecule has 0 atom stereocenters. The molecule has 0 radical (unpaired) electrons. The van der Waals surface area contributed by atoms with E-state index in [9.17, 15) is 5.11 Å². The minimum Gasteiger partial charge on any atom is -0.393 e. The first-order valence-corrected chi connectivity index (χ1v) is 4.68. The lowest BCUT2D eigenvalue weighted by molar-refractivity contribution is -0.123. The topological polar surface area (TPSA) is 41.5 Å². The average molecular weight is 173 g/mol. The molecule has 0 amide bonds. The van der Waals surface area contributed by atoms with E-state index in [4.69, 9.17) is 4.74 Å². The molecule has 0 aromatic heterocycles. The molecule has 3 nitrogen and oxygen atoms in total. The van der Waals surface area contributed by atoms with Crippen LogP contribution in [0.5, 0.6) is 0 Å². The molecule has 1 saturated heterocycles. The highest BCUT2D eigenvalue weighted by Crippen LogP contribution is 2.23. The summed E-state index contributed by atoms with van der Waals surface area (Å²) in [6, 6.07) is 0. The standard InChI is InChI=1S/C9H19NO2/c1-8(2)12-9(7-11)3-5-10-6-4-9/h8,10-11H,3-7H2,1-2H3. The first-order chi connectivity index (χ1) is 5.68. The van der Waals surface area contributed by atoms with Crippen molar-refractivity contribution >= 4 is 0 Å². The Balaban J connectivity index is 2.48. The number of rotatable bonds is 3. The quantitative estimate of drug-likeness (QED) is 0.654. The lowest BCUT2D eigenvalue weighted by atomic mass is 9.93. The number of aliphatic hydroxyl groups is 1. The van der Waals surface area contributed by atoms with Crippen LogP contribution < -0.4 is 5.32 Å². The molecule has 0 unspecified atom stereocenters. The first-order valence-electron chi connectivity index (χ1n) is 4.68. The molecule has 0 bridgehead atoms. The molecule has 72 valence electrons. The van der Waals surface area contributed by atoms with Crippen molar-refractivity contribution < 1.29 is 9.84 Å². The van der Waals surface area contributed by atoms with Crippen LogP contribution in [0.4, 0.5) is 0 Å². The average Bonchev–Trinajstić information content (AvgIpc) is 2.05. The summed E-state index contributed by atoms with van der Waals surface area (Å²) in [7, 11) is 0. The summed E-state index contributed by atoms with van der Waals surface area (Å²) in [5, 5.41) is 12.5. The van der Waals surface area contributed by atoms with Crippen LogP contribution in [-0.2, 0) is 4.74 Å². The maximum Gasteiger partial charge on any atom is 0.0939 e. The van der Waals surface area contributed by atoms with E-state index in [2.05, 4.69) is 5.32 Å². The number of piperidine rings is 1. The molecule has 1 heterocycles. The van der Waals surface area contributed by atoms with E-state index in [1.54, 1.807) is 0 Å². The summed E-state index contributed by atoms with van der Waals surface area (Å²) in [5.41, 5.74) is -0.264. The fourth-order valence-electron chi connectivity index (χ4n) is 1.70. The Morgan fingerprint density at radius 2 is 2.00 bits per heavy atom. The van der Waals surface area contributed by atoms with Gasteiger partial charge in [-0.1, -0.05) is 0 Å². The number of ether oxygens (including phenoxy) is 1.